The van der Waals surface area contributed by atoms with Crippen LogP contribution in [0.15, 0.2) is 36.9 Å². The summed E-state index contributed by atoms with van der Waals surface area (Å²) in [6.45, 7) is 3.40. The Bertz CT molecular complexity index is 1840. The monoisotopic (exact) mass is 633 g/mol. The van der Waals surface area contributed by atoms with E-state index in [1.165, 1.54) is 6.08 Å². The molecule has 2 N–H and O–H groups in total. The number of benzene rings is 1. The first-order valence-corrected chi connectivity index (χ1v) is 15.8. The number of halogens is 2. The lowest BCUT2D eigenvalue weighted by Gasteiger charge is -2.34. The van der Waals surface area contributed by atoms with Crippen molar-refractivity contribution in [3.8, 4) is 17.3 Å². The van der Waals surface area contributed by atoms with Gasteiger partial charge in [-0.1, -0.05) is 11.6 Å². The first-order valence-electron chi connectivity index (χ1n) is 15.4. The zero-order valence-corrected chi connectivity index (χ0v) is 25.4. The van der Waals surface area contributed by atoms with Crippen molar-refractivity contribution in [1.29, 1.82) is 0 Å². The van der Waals surface area contributed by atoms with Crippen LogP contribution in [0.3, 0.4) is 0 Å². The third-order valence-electron chi connectivity index (χ3n) is 10.0. The van der Waals surface area contributed by atoms with Gasteiger partial charge in [-0.05, 0) is 63.4 Å². The molecule has 1 aliphatic carbocycles. The molecule has 0 radical (unpaired) electrons. The Hall–Kier alpha value is -3.87. The lowest BCUT2D eigenvalue weighted by molar-refractivity contribution is -0.120. The average molecular weight is 634 g/mol. The number of rotatable bonds is 8. The minimum absolute atomic E-state index is 0.0528. The van der Waals surface area contributed by atoms with E-state index >= 15 is 4.39 Å². The number of H-pyrrole nitrogens is 1. The van der Waals surface area contributed by atoms with Crippen LogP contribution < -0.4 is 9.64 Å². The number of pyridine rings is 1. The number of carbonyl (C=O) groups is 1. The number of Topliss-reactive ketones (excluding diaryl/α,β-unsaturated/α-hetero) is 1. The number of carbonyl (C=O) groups excluding carboxylic acids is 1. The smallest absolute Gasteiger partial charge is 0.319 e. The van der Waals surface area contributed by atoms with E-state index in [0.717, 1.165) is 45.0 Å². The fraction of sp³-hybridized carbons (Fsp3) is 0.469. The third-order valence-corrected chi connectivity index (χ3v) is 10.3. The molecule has 6 heterocycles. The van der Waals surface area contributed by atoms with E-state index in [9.17, 15) is 4.79 Å². The molecule has 1 spiro atoms. The summed E-state index contributed by atoms with van der Waals surface area (Å²) in [5.74, 6) is -0.168. The van der Waals surface area contributed by atoms with Gasteiger partial charge >= 0.3 is 6.01 Å². The highest BCUT2D eigenvalue weighted by atomic mass is 35.5. The van der Waals surface area contributed by atoms with Gasteiger partial charge in [0.15, 0.2) is 11.6 Å². The van der Waals surface area contributed by atoms with Crippen LogP contribution in [0.2, 0.25) is 5.02 Å². The number of hydrogen-bond acceptors (Lipinski definition) is 10. The van der Waals surface area contributed by atoms with Crippen molar-refractivity contribution in [2.24, 2.45) is 5.41 Å². The summed E-state index contributed by atoms with van der Waals surface area (Å²) in [7, 11) is 0. The number of fused-ring (bicyclic) bond motifs is 3. The second-order valence-electron chi connectivity index (χ2n) is 12.8. The average Bonchev–Trinajstić information content (AvgIpc) is 3.42. The normalized spacial score (nSPS) is 24.4. The standard InChI is InChI=1S/C32H33ClFN7O4/c33-19-10-21(22-15-36-39-24(22)11-19)27-26(34)28-23(14-35-27)29(38-30(37-28)45-18-32-4-1-6-41(32)7-2-5-32)40-16-20(43)12-31(17-40)13-25(31)44-9-3-8-42/h3,8,10-11,14-15,25,42H,1-2,4-7,9,12-13,16-18H2,(H,36,39)/b8-3-/t25?,31-/m0/s1. The number of ether oxygens (including phenoxy) is 2. The van der Waals surface area contributed by atoms with Crippen LogP contribution in [0.25, 0.3) is 33.1 Å². The van der Waals surface area contributed by atoms with Crippen molar-refractivity contribution in [1.82, 2.24) is 30.0 Å². The molecule has 8 rings (SSSR count). The molecule has 4 fully saturated rings. The number of aromatic amines is 1. The largest absolute Gasteiger partial charge is 0.516 e. The zero-order valence-electron chi connectivity index (χ0n) is 24.6. The summed E-state index contributed by atoms with van der Waals surface area (Å²) in [5, 5.41) is 17.5. The van der Waals surface area contributed by atoms with Gasteiger partial charge in [0, 0.05) is 40.5 Å². The highest BCUT2D eigenvalue weighted by molar-refractivity contribution is 6.31. The fourth-order valence-electron chi connectivity index (χ4n) is 7.80. The molecule has 11 nitrogen and oxygen atoms in total. The van der Waals surface area contributed by atoms with Crippen molar-refractivity contribution >= 4 is 45.0 Å². The second-order valence-corrected chi connectivity index (χ2v) is 13.3. The van der Waals surface area contributed by atoms with Gasteiger partial charge in [-0.15, -0.1) is 0 Å². The number of anilines is 1. The molecule has 4 aliphatic rings. The molecule has 0 bridgehead atoms. The molecule has 45 heavy (non-hydrogen) atoms. The lowest BCUT2D eigenvalue weighted by Crippen LogP contribution is -2.44. The van der Waals surface area contributed by atoms with Gasteiger partial charge in [-0.2, -0.15) is 15.1 Å². The molecular weight excluding hydrogens is 601 g/mol. The van der Waals surface area contributed by atoms with Crippen molar-refractivity contribution in [3.05, 3.63) is 47.7 Å². The van der Waals surface area contributed by atoms with E-state index in [1.54, 1.807) is 24.5 Å². The highest BCUT2D eigenvalue weighted by Gasteiger charge is 2.59. The molecular formula is C32H33ClFN7O4. The zero-order chi connectivity index (χ0) is 30.8. The van der Waals surface area contributed by atoms with Crippen LogP contribution in [0, 0.1) is 11.2 Å². The molecule has 234 valence electrons. The maximum atomic E-state index is 16.7. The predicted octanol–water partition coefficient (Wildman–Crippen LogP) is 4.99. The summed E-state index contributed by atoms with van der Waals surface area (Å²) in [6.07, 6.45) is 11.0. The van der Waals surface area contributed by atoms with Gasteiger partial charge in [0.1, 0.15) is 23.6 Å². The van der Waals surface area contributed by atoms with Crippen LogP contribution in [0.5, 0.6) is 6.01 Å². The van der Waals surface area contributed by atoms with Crippen LogP contribution >= 0.6 is 11.6 Å². The third kappa shape index (κ3) is 4.90. The van der Waals surface area contributed by atoms with E-state index in [-0.39, 0.29) is 53.2 Å². The molecule has 13 heteroatoms. The summed E-state index contributed by atoms with van der Waals surface area (Å²) < 4.78 is 28.9. The molecule has 1 unspecified atom stereocenters. The first kappa shape index (κ1) is 28.6. The molecule has 1 saturated carbocycles. The Labute approximate surface area is 263 Å². The number of aliphatic hydroxyl groups excluding tert-OH is 1. The van der Waals surface area contributed by atoms with Crippen LogP contribution in [0.1, 0.15) is 38.5 Å². The molecule has 3 saturated heterocycles. The van der Waals surface area contributed by atoms with Gasteiger partial charge in [-0.3, -0.25) is 19.8 Å². The van der Waals surface area contributed by atoms with Gasteiger partial charge in [0.05, 0.1) is 48.2 Å². The number of piperidine rings is 1. The van der Waals surface area contributed by atoms with Gasteiger partial charge in [0.25, 0.3) is 0 Å². The molecule has 3 aromatic heterocycles. The minimum atomic E-state index is -0.631. The van der Waals surface area contributed by atoms with Gasteiger partial charge in [0.2, 0.25) is 0 Å². The maximum absolute atomic E-state index is 16.7. The lowest BCUT2D eigenvalue weighted by atomic mass is 9.93. The molecule has 2 atom stereocenters. The van der Waals surface area contributed by atoms with Crippen LogP contribution in [-0.2, 0) is 9.53 Å². The predicted molar refractivity (Wildman–Crippen MR) is 166 cm³/mol. The Kier molecular flexibility index (Phi) is 6.92. The quantitative estimate of drug-likeness (QED) is 0.256. The van der Waals surface area contributed by atoms with Crippen molar-refractivity contribution in [2.45, 2.75) is 50.2 Å². The Balaban J connectivity index is 1.21. The minimum Gasteiger partial charge on any atom is -0.516 e. The topological polar surface area (TPSA) is 130 Å². The van der Waals surface area contributed by atoms with Crippen LogP contribution in [0.4, 0.5) is 10.2 Å². The molecule has 1 aromatic carbocycles. The van der Waals surface area contributed by atoms with E-state index in [2.05, 4.69) is 25.1 Å². The number of ketones is 1. The number of aliphatic hydroxyl groups is 1. The maximum Gasteiger partial charge on any atom is 0.319 e. The number of aromatic nitrogens is 5. The van der Waals surface area contributed by atoms with E-state index in [4.69, 9.17) is 31.2 Å². The van der Waals surface area contributed by atoms with Gasteiger partial charge in [-0.25, -0.2) is 4.39 Å². The molecule has 4 aromatic rings. The number of nitrogens with one attached hydrogen (secondary N) is 1. The van der Waals surface area contributed by atoms with Crippen molar-refractivity contribution in [3.63, 3.8) is 0 Å². The Morgan fingerprint density at radius 3 is 2.84 bits per heavy atom. The summed E-state index contributed by atoms with van der Waals surface area (Å²) in [4.78, 5) is 31.5. The summed E-state index contributed by atoms with van der Waals surface area (Å²) in [5.41, 5.74) is 0.872. The highest BCUT2D eigenvalue weighted by Crippen LogP contribution is 2.54. The van der Waals surface area contributed by atoms with E-state index in [0.29, 0.717) is 58.7 Å². The Morgan fingerprint density at radius 1 is 1.18 bits per heavy atom. The summed E-state index contributed by atoms with van der Waals surface area (Å²) >= 11 is 6.39. The van der Waals surface area contributed by atoms with Crippen molar-refractivity contribution < 1.29 is 23.8 Å². The second kappa shape index (κ2) is 10.9. The SMILES string of the molecule is O=C1CN(c2nc(OCC34CCCN3CCC4)nc3c(F)c(-c4cc(Cl)cc5[nH]ncc45)ncc23)C[C@]2(C1)CC2OC/C=C\O. The number of nitrogens with zero attached hydrogens (tertiary/aromatic N) is 6. The fourth-order valence-corrected chi connectivity index (χ4v) is 8.02. The van der Waals surface area contributed by atoms with E-state index < -0.39 is 5.82 Å². The van der Waals surface area contributed by atoms with Crippen LogP contribution in [-0.4, -0.2) is 92.0 Å². The van der Waals surface area contributed by atoms with Gasteiger partial charge < -0.3 is 19.5 Å². The first-order chi connectivity index (χ1) is 21.9. The Morgan fingerprint density at radius 2 is 2.02 bits per heavy atom. The van der Waals surface area contributed by atoms with E-state index in [1.807, 2.05) is 4.90 Å². The summed E-state index contributed by atoms with van der Waals surface area (Å²) in [6, 6.07) is 3.46. The number of hydrogen-bond donors (Lipinski definition) is 2. The molecule has 3 aliphatic heterocycles. The van der Waals surface area contributed by atoms with Crippen molar-refractivity contribution in [2.75, 3.05) is 44.3 Å². The molecule has 0 amide bonds.